The fraction of sp³-hybridized carbons (Fsp3) is 0.227. The lowest BCUT2D eigenvalue weighted by atomic mass is 10.1. The zero-order valence-electron chi connectivity index (χ0n) is 15.5. The highest BCUT2D eigenvalue weighted by molar-refractivity contribution is 5.61. The molecule has 5 heteroatoms. The first kappa shape index (κ1) is 17.4. The van der Waals surface area contributed by atoms with Gasteiger partial charge in [0.05, 0.1) is 19.0 Å². The molecule has 2 heterocycles. The molecule has 0 saturated carbocycles. The molecule has 0 bridgehead atoms. The summed E-state index contributed by atoms with van der Waals surface area (Å²) in [5.41, 5.74) is 4.60. The largest absolute Gasteiger partial charge is 0.496 e. The Morgan fingerprint density at radius 3 is 2.78 bits per heavy atom. The number of nitrogens with zero attached hydrogens (tertiary/aromatic N) is 2. The van der Waals surface area contributed by atoms with Crippen LogP contribution >= 0.6 is 0 Å². The second-order valence-corrected chi connectivity index (χ2v) is 6.67. The van der Waals surface area contributed by atoms with Crippen molar-refractivity contribution in [1.82, 2.24) is 9.88 Å². The Labute approximate surface area is 160 Å². The topological polar surface area (TPSA) is 49.4 Å². The Morgan fingerprint density at radius 2 is 1.93 bits per heavy atom. The highest BCUT2D eigenvalue weighted by Crippen LogP contribution is 2.26. The first-order valence-electron chi connectivity index (χ1n) is 9.21. The third-order valence-electron chi connectivity index (χ3n) is 4.76. The van der Waals surface area contributed by atoms with Crippen molar-refractivity contribution < 1.29 is 4.74 Å². The summed E-state index contributed by atoms with van der Waals surface area (Å²) in [5, 5.41) is 6.88. The minimum Gasteiger partial charge on any atom is -0.496 e. The van der Waals surface area contributed by atoms with E-state index in [2.05, 4.69) is 38.7 Å². The van der Waals surface area contributed by atoms with Crippen LogP contribution < -0.4 is 15.4 Å². The highest BCUT2D eigenvalue weighted by Gasteiger charge is 2.16. The molecule has 1 aliphatic heterocycles. The maximum atomic E-state index is 5.51. The number of hydrogen-bond donors (Lipinski definition) is 2. The van der Waals surface area contributed by atoms with Gasteiger partial charge in [-0.2, -0.15) is 0 Å². The van der Waals surface area contributed by atoms with Gasteiger partial charge < -0.3 is 15.4 Å². The Balaban J connectivity index is 1.53. The predicted octanol–water partition coefficient (Wildman–Crippen LogP) is 4.26. The lowest BCUT2D eigenvalue weighted by Gasteiger charge is -2.21. The molecule has 2 N–H and O–H groups in total. The highest BCUT2D eigenvalue weighted by atomic mass is 16.5. The summed E-state index contributed by atoms with van der Waals surface area (Å²) in [6.45, 7) is 3.59. The van der Waals surface area contributed by atoms with Gasteiger partial charge in [0.25, 0.3) is 0 Å². The molecular formula is C22H24N4O. The molecule has 138 valence electrons. The molecule has 0 unspecified atom stereocenters. The average Bonchev–Trinajstić information content (AvgIpc) is 2.90. The van der Waals surface area contributed by atoms with Crippen molar-refractivity contribution in [2.24, 2.45) is 0 Å². The number of anilines is 3. The van der Waals surface area contributed by atoms with Gasteiger partial charge in [0.2, 0.25) is 0 Å². The van der Waals surface area contributed by atoms with Crippen molar-refractivity contribution >= 4 is 17.2 Å². The second-order valence-electron chi connectivity index (χ2n) is 6.67. The van der Waals surface area contributed by atoms with Gasteiger partial charge in [-0.15, -0.1) is 0 Å². The van der Waals surface area contributed by atoms with Crippen LogP contribution in [0.25, 0.3) is 0 Å². The summed E-state index contributed by atoms with van der Waals surface area (Å²) in [6, 6.07) is 20.5. The Kier molecular flexibility index (Phi) is 5.21. The number of para-hydroxylation sites is 2. The molecule has 0 atom stereocenters. The van der Waals surface area contributed by atoms with Crippen molar-refractivity contribution in [3.05, 3.63) is 78.0 Å². The van der Waals surface area contributed by atoms with Gasteiger partial charge in [-0.1, -0.05) is 36.4 Å². The summed E-state index contributed by atoms with van der Waals surface area (Å²) >= 11 is 0. The Morgan fingerprint density at radius 1 is 1.11 bits per heavy atom. The van der Waals surface area contributed by atoms with Crippen molar-refractivity contribution in [3.8, 4) is 5.75 Å². The van der Waals surface area contributed by atoms with Crippen LogP contribution in [0.3, 0.4) is 0 Å². The van der Waals surface area contributed by atoms with Gasteiger partial charge in [0.15, 0.2) is 0 Å². The van der Waals surface area contributed by atoms with Crippen LogP contribution in [0, 0.1) is 0 Å². The minimum atomic E-state index is 0.856. The van der Waals surface area contributed by atoms with Gasteiger partial charge in [-0.25, -0.2) is 4.98 Å². The van der Waals surface area contributed by atoms with Crippen LogP contribution in [0.15, 0.2) is 66.9 Å². The van der Waals surface area contributed by atoms with Crippen LogP contribution in [-0.4, -0.2) is 30.1 Å². The number of nitrogens with one attached hydrogen (secondary N) is 2. The van der Waals surface area contributed by atoms with E-state index in [-0.39, 0.29) is 0 Å². The van der Waals surface area contributed by atoms with Crippen LogP contribution in [0.4, 0.5) is 17.2 Å². The lowest BCUT2D eigenvalue weighted by Crippen LogP contribution is -2.25. The summed E-state index contributed by atoms with van der Waals surface area (Å²) in [7, 11) is 1.73. The molecular weight excluding hydrogens is 336 g/mol. The van der Waals surface area contributed by atoms with Crippen molar-refractivity contribution in [2.45, 2.75) is 13.1 Å². The lowest BCUT2D eigenvalue weighted by molar-refractivity contribution is 0.267. The molecule has 1 aliphatic rings. The number of ether oxygens (including phenoxy) is 1. The first-order chi connectivity index (χ1) is 13.3. The maximum absolute atomic E-state index is 5.51. The van der Waals surface area contributed by atoms with Gasteiger partial charge in [-0.3, -0.25) is 4.90 Å². The van der Waals surface area contributed by atoms with Gasteiger partial charge in [0.1, 0.15) is 11.6 Å². The van der Waals surface area contributed by atoms with Gasteiger partial charge >= 0.3 is 0 Å². The maximum Gasteiger partial charge on any atom is 0.130 e. The van der Waals surface area contributed by atoms with E-state index in [0.717, 1.165) is 49.1 Å². The molecule has 0 saturated heterocycles. The SMILES string of the molecule is COc1ccccc1CN1CCNc2cnc(Nc3ccccc3)cc2C1. The van der Waals surface area contributed by atoms with Crippen molar-refractivity contribution in [1.29, 1.82) is 0 Å². The monoisotopic (exact) mass is 360 g/mol. The molecule has 0 spiro atoms. The molecule has 0 amide bonds. The fourth-order valence-corrected chi connectivity index (χ4v) is 3.40. The Bertz CT molecular complexity index is 898. The van der Waals surface area contributed by atoms with Crippen LogP contribution in [-0.2, 0) is 13.1 Å². The minimum absolute atomic E-state index is 0.856. The third-order valence-corrected chi connectivity index (χ3v) is 4.76. The summed E-state index contributed by atoms with van der Waals surface area (Å²) in [4.78, 5) is 6.99. The number of fused-ring (bicyclic) bond motifs is 1. The summed E-state index contributed by atoms with van der Waals surface area (Å²) in [6.07, 6.45) is 1.92. The first-order valence-corrected chi connectivity index (χ1v) is 9.21. The fourth-order valence-electron chi connectivity index (χ4n) is 3.40. The molecule has 0 fully saturated rings. The van der Waals surface area contributed by atoms with E-state index in [0.29, 0.717) is 0 Å². The number of hydrogen-bond acceptors (Lipinski definition) is 5. The van der Waals surface area contributed by atoms with Gasteiger partial charge in [0, 0.05) is 37.4 Å². The van der Waals surface area contributed by atoms with E-state index < -0.39 is 0 Å². The molecule has 2 aromatic carbocycles. The average molecular weight is 360 g/mol. The van der Waals surface area contributed by atoms with Crippen LogP contribution in [0.2, 0.25) is 0 Å². The molecule has 1 aromatic heterocycles. The zero-order chi connectivity index (χ0) is 18.5. The summed E-state index contributed by atoms with van der Waals surface area (Å²) < 4.78 is 5.51. The number of pyridine rings is 1. The van der Waals surface area contributed by atoms with E-state index in [1.165, 1.54) is 11.1 Å². The normalized spacial score (nSPS) is 14.0. The number of aromatic nitrogens is 1. The Hall–Kier alpha value is -3.05. The van der Waals surface area contributed by atoms with Crippen LogP contribution in [0.5, 0.6) is 5.75 Å². The number of methoxy groups -OCH3 is 1. The standard InChI is InChI=1S/C22H24N4O/c1-27-21-10-6-5-7-17(21)15-26-12-11-23-20-14-24-22(13-18(20)16-26)25-19-8-3-2-4-9-19/h2-10,13-14,23H,11-12,15-16H2,1H3,(H,24,25). The number of rotatable bonds is 5. The molecule has 27 heavy (non-hydrogen) atoms. The molecule has 5 nitrogen and oxygen atoms in total. The summed E-state index contributed by atoms with van der Waals surface area (Å²) in [5.74, 6) is 1.80. The molecule has 0 aliphatic carbocycles. The third kappa shape index (κ3) is 4.20. The van der Waals surface area contributed by atoms with Crippen LogP contribution in [0.1, 0.15) is 11.1 Å². The van der Waals surface area contributed by atoms with E-state index in [1.54, 1.807) is 7.11 Å². The molecule has 3 aromatic rings. The van der Waals surface area contributed by atoms with E-state index in [4.69, 9.17) is 4.74 Å². The van der Waals surface area contributed by atoms with Crippen molar-refractivity contribution in [2.75, 3.05) is 30.8 Å². The van der Waals surface area contributed by atoms with E-state index >= 15 is 0 Å². The molecule has 4 rings (SSSR count). The smallest absolute Gasteiger partial charge is 0.130 e. The second kappa shape index (κ2) is 8.10. The number of benzene rings is 2. The quantitative estimate of drug-likeness (QED) is 0.712. The molecule has 0 radical (unpaired) electrons. The zero-order valence-corrected chi connectivity index (χ0v) is 15.5. The van der Waals surface area contributed by atoms with E-state index in [1.807, 2.05) is 48.7 Å². The predicted molar refractivity (Wildman–Crippen MR) is 110 cm³/mol. The van der Waals surface area contributed by atoms with E-state index in [9.17, 15) is 0 Å². The van der Waals surface area contributed by atoms with Crippen molar-refractivity contribution in [3.63, 3.8) is 0 Å². The van der Waals surface area contributed by atoms with Gasteiger partial charge in [-0.05, 0) is 29.8 Å².